The average molecular weight is 746 g/mol. The third-order valence-corrected chi connectivity index (χ3v) is 14.8. The summed E-state index contributed by atoms with van der Waals surface area (Å²) in [4.78, 5) is 0. The number of para-hydroxylation sites is 1. The lowest BCUT2D eigenvalue weighted by atomic mass is 9.95. The lowest BCUT2D eigenvalue weighted by molar-refractivity contribution is 0.593. The highest BCUT2D eigenvalue weighted by molar-refractivity contribution is 7.86. The van der Waals surface area contributed by atoms with Crippen molar-refractivity contribution in [2.75, 3.05) is 0 Å². The van der Waals surface area contributed by atoms with Gasteiger partial charge in [-0.15, -0.1) is 0 Å². The first-order valence-corrected chi connectivity index (χ1v) is 21.2. The molecule has 10 aromatic rings. The van der Waals surface area contributed by atoms with Crippen LogP contribution in [-0.4, -0.2) is 4.57 Å². The number of rotatable bonds is 6. The Morgan fingerprint density at radius 3 is 1.42 bits per heavy atom. The number of hydrogen-bond donors (Lipinski definition) is 0. The lowest BCUT2D eigenvalue weighted by Gasteiger charge is -2.19. The summed E-state index contributed by atoms with van der Waals surface area (Å²) < 4.78 is 18.6. The van der Waals surface area contributed by atoms with E-state index in [1.54, 1.807) is 0 Å². The van der Waals surface area contributed by atoms with Crippen molar-refractivity contribution in [3.63, 3.8) is 0 Å². The van der Waals surface area contributed by atoms with Crippen LogP contribution in [0.3, 0.4) is 0 Å². The van der Waals surface area contributed by atoms with Gasteiger partial charge >= 0.3 is 0 Å². The number of fused-ring (bicyclic) bond motifs is 7. The first kappa shape index (κ1) is 33.4. The van der Waals surface area contributed by atoms with Crippen molar-refractivity contribution in [1.82, 2.24) is 4.57 Å². The van der Waals surface area contributed by atoms with E-state index in [9.17, 15) is 0 Å². The summed E-state index contributed by atoms with van der Waals surface area (Å²) in [5.41, 5.74) is 14.4. The van der Waals surface area contributed by atoms with E-state index < -0.39 is 7.14 Å². The van der Waals surface area contributed by atoms with Crippen LogP contribution in [0.25, 0.3) is 83.1 Å². The smallest absolute Gasteiger partial charge is 0.174 e. The fraction of sp³-hybridized carbons (Fsp3) is 0. The zero-order valence-electron chi connectivity index (χ0n) is 31.1. The standard InChI is InChI=1S/C54H36NOP/c56-57(46-18-8-3-9-19-46)52-23-13-11-21-48(52)50-33-32-49-47-20-10-12-22-51(47)55(53(49)54(50)57)45-35-43(41-28-24-39(25-29-41)37-14-4-1-5-15-37)34-44(36-45)42-30-26-40(27-31-42)38-16-6-2-7-17-38/h1-36H. The van der Waals surface area contributed by atoms with Gasteiger partial charge in [0.25, 0.3) is 0 Å². The van der Waals surface area contributed by atoms with E-state index in [0.717, 1.165) is 76.8 Å². The molecule has 1 aliphatic heterocycles. The maximum atomic E-state index is 16.2. The number of benzene rings is 9. The molecule has 3 heteroatoms. The molecule has 1 atom stereocenters. The molecule has 0 saturated heterocycles. The van der Waals surface area contributed by atoms with Crippen molar-refractivity contribution >= 4 is 44.9 Å². The van der Waals surface area contributed by atoms with Crippen molar-refractivity contribution in [3.05, 3.63) is 218 Å². The van der Waals surface area contributed by atoms with Crippen LogP contribution in [0.2, 0.25) is 0 Å². The number of hydrogen-bond acceptors (Lipinski definition) is 1. The summed E-state index contributed by atoms with van der Waals surface area (Å²) in [5.74, 6) is 0. The maximum absolute atomic E-state index is 16.2. The van der Waals surface area contributed by atoms with Crippen LogP contribution in [0.5, 0.6) is 0 Å². The second-order valence-electron chi connectivity index (χ2n) is 14.8. The molecule has 1 aromatic heterocycles. The van der Waals surface area contributed by atoms with Crippen LogP contribution in [0.15, 0.2) is 218 Å². The third kappa shape index (κ3) is 5.37. The van der Waals surface area contributed by atoms with Gasteiger partial charge in [-0.05, 0) is 79.9 Å². The maximum Gasteiger partial charge on any atom is 0.174 e. The van der Waals surface area contributed by atoms with Crippen molar-refractivity contribution in [2.45, 2.75) is 0 Å². The Balaban J connectivity index is 1.19. The van der Waals surface area contributed by atoms with Gasteiger partial charge in [-0.2, -0.15) is 0 Å². The van der Waals surface area contributed by atoms with E-state index in [0.29, 0.717) is 0 Å². The van der Waals surface area contributed by atoms with Gasteiger partial charge in [0.15, 0.2) is 7.14 Å². The van der Waals surface area contributed by atoms with E-state index >= 15 is 4.57 Å². The summed E-state index contributed by atoms with van der Waals surface area (Å²) in [6.07, 6.45) is 0. The van der Waals surface area contributed by atoms with Crippen LogP contribution in [0, 0.1) is 0 Å². The SMILES string of the molecule is O=P1(c2ccccc2)c2ccccc2-c2ccc3c4ccccc4n(-c4cc(-c5ccc(-c6ccccc6)cc5)cc(-c5ccc(-c6ccccc6)cc5)c4)c3c21. The highest BCUT2D eigenvalue weighted by Crippen LogP contribution is 2.55. The summed E-state index contributed by atoms with van der Waals surface area (Å²) in [5, 5.41) is 4.90. The summed E-state index contributed by atoms with van der Waals surface area (Å²) in [7, 11) is -3.28. The van der Waals surface area contributed by atoms with Gasteiger partial charge in [0.2, 0.25) is 0 Å². The summed E-state index contributed by atoms with van der Waals surface area (Å²) in [6, 6.07) is 77.2. The van der Waals surface area contributed by atoms with Crippen molar-refractivity contribution in [2.24, 2.45) is 0 Å². The first-order valence-electron chi connectivity index (χ1n) is 19.4. The van der Waals surface area contributed by atoms with Crippen molar-refractivity contribution < 1.29 is 4.57 Å². The van der Waals surface area contributed by atoms with Crippen LogP contribution in [0.4, 0.5) is 0 Å². The minimum absolute atomic E-state index is 0.854. The predicted molar refractivity (Wildman–Crippen MR) is 241 cm³/mol. The summed E-state index contributed by atoms with van der Waals surface area (Å²) in [6.45, 7) is 0. The molecule has 1 unspecified atom stereocenters. The predicted octanol–water partition coefficient (Wildman–Crippen LogP) is 13.1. The zero-order chi connectivity index (χ0) is 37.9. The van der Waals surface area contributed by atoms with Crippen molar-refractivity contribution in [1.29, 1.82) is 0 Å². The molecule has 9 aromatic carbocycles. The summed E-state index contributed by atoms with van der Waals surface area (Å²) >= 11 is 0. The molecule has 11 rings (SSSR count). The molecule has 57 heavy (non-hydrogen) atoms. The molecule has 268 valence electrons. The van der Waals surface area contributed by atoms with Crippen LogP contribution in [-0.2, 0) is 4.57 Å². The normalized spacial score (nSPS) is 14.5. The quantitative estimate of drug-likeness (QED) is 0.155. The Morgan fingerprint density at radius 2 is 0.825 bits per heavy atom. The number of aromatic nitrogens is 1. The highest BCUT2D eigenvalue weighted by atomic mass is 31.2. The topological polar surface area (TPSA) is 22.0 Å². The zero-order valence-corrected chi connectivity index (χ0v) is 32.0. The van der Waals surface area contributed by atoms with Gasteiger partial charge in [0.05, 0.1) is 16.3 Å². The van der Waals surface area contributed by atoms with Gasteiger partial charge < -0.3 is 9.13 Å². The van der Waals surface area contributed by atoms with Crippen LogP contribution >= 0.6 is 7.14 Å². The Labute approximate surface area is 332 Å². The lowest BCUT2D eigenvalue weighted by Crippen LogP contribution is -2.22. The van der Waals surface area contributed by atoms with E-state index in [2.05, 4.69) is 187 Å². The molecule has 0 spiro atoms. The molecule has 2 nitrogen and oxygen atoms in total. The average Bonchev–Trinajstić information content (AvgIpc) is 3.77. The first-order chi connectivity index (χ1) is 28.1. The Kier molecular flexibility index (Phi) is 7.81. The molecule has 0 amide bonds. The largest absolute Gasteiger partial charge is 0.309 e. The van der Waals surface area contributed by atoms with Gasteiger partial charge in [0, 0.05) is 27.1 Å². The Morgan fingerprint density at radius 1 is 0.351 bits per heavy atom. The molecular weight excluding hydrogens is 710 g/mol. The molecule has 0 aliphatic carbocycles. The second-order valence-corrected chi connectivity index (χ2v) is 17.5. The molecule has 0 N–H and O–H groups in total. The Bertz CT molecular complexity index is 3060. The fourth-order valence-corrected chi connectivity index (χ4v) is 12.1. The second kappa shape index (κ2) is 13.3. The van der Waals surface area contributed by atoms with E-state index in [1.807, 2.05) is 36.4 Å². The van der Waals surface area contributed by atoms with Gasteiger partial charge in [-0.1, -0.05) is 194 Å². The number of nitrogens with zero attached hydrogens (tertiary/aromatic N) is 1. The molecule has 1 aliphatic rings. The van der Waals surface area contributed by atoms with Crippen LogP contribution in [0.1, 0.15) is 0 Å². The molecule has 0 bridgehead atoms. The minimum Gasteiger partial charge on any atom is -0.309 e. The van der Waals surface area contributed by atoms with Crippen LogP contribution < -0.4 is 15.9 Å². The van der Waals surface area contributed by atoms with Gasteiger partial charge in [-0.3, -0.25) is 0 Å². The monoisotopic (exact) mass is 745 g/mol. The molecule has 0 saturated carbocycles. The van der Waals surface area contributed by atoms with Gasteiger partial charge in [-0.25, -0.2) is 0 Å². The van der Waals surface area contributed by atoms with E-state index in [4.69, 9.17) is 0 Å². The Hall–Kier alpha value is -6.99. The fourth-order valence-electron chi connectivity index (χ4n) is 8.89. The van der Waals surface area contributed by atoms with E-state index in [-0.39, 0.29) is 0 Å². The van der Waals surface area contributed by atoms with Crippen molar-refractivity contribution in [3.8, 4) is 61.3 Å². The molecular formula is C54H36NOP. The van der Waals surface area contributed by atoms with E-state index in [1.165, 1.54) is 22.3 Å². The third-order valence-electron chi connectivity index (χ3n) is 11.6. The van der Waals surface area contributed by atoms with Gasteiger partial charge in [0.1, 0.15) is 0 Å². The molecule has 0 radical (unpaired) electrons. The highest BCUT2D eigenvalue weighted by Gasteiger charge is 2.42. The molecule has 2 heterocycles. The molecule has 0 fully saturated rings. The minimum atomic E-state index is -3.28.